The molecule has 1 amide bonds. The zero-order chi connectivity index (χ0) is 13.0. The minimum atomic E-state index is -0.781. The molecular formula is C16H17NO2. The number of carbonyl (C=O) groups is 1. The molecule has 3 heteroatoms. The van der Waals surface area contributed by atoms with Crippen LogP contribution >= 0.6 is 0 Å². The second kappa shape index (κ2) is 3.70. The van der Waals surface area contributed by atoms with Crippen LogP contribution in [0.2, 0.25) is 0 Å². The highest BCUT2D eigenvalue weighted by Crippen LogP contribution is 2.54. The standard InChI is InChI=1S/C16H17NO2/c1-10-9-11-5-4-7-12(11)16(19-10)13-6-2-3-8-14(13)17-15(16)18/h2-3,5-6,8,10,12H,4,7,9H2,1H3,(H,17,18)/t10-,12?,16-/m1/s1. The molecule has 3 aliphatic rings. The van der Waals surface area contributed by atoms with Gasteiger partial charge in [-0.3, -0.25) is 4.79 Å². The van der Waals surface area contributed by atoms with Crippen molar-refractivity contribution in [1.29, 1.82) is 0 Å². The van der Waals surface area contributed by atoms with Gasteiger partial charge in [-0.05, 0) is 32.3 Å². The number of benzene rings is 1. The van der Waals surface area contributed by atoms with Crippen LogP contribution in [0.5, 0.6) is 0 Å². The number of anilines is 1. The van der Waals surface area contributed by atoms with Crippen LogP contribution in [0, 0.1) is 5.92 Å². The summed E-state index contributed by atoms with van der Waals surface area (Å²) in [6, 6.07) is 7.93. The van der Waals surface area contributed by atoms with Gasteiger partial charge in [-0.25, -0.2) is 0 Å². The molecular weight excluding hydrogens is 238 g/mol. The molecule has 3 nitrogen and oxygen atoms in total. The van der Waals surface area contributed by atoms with Crippen LogP contribution in [-0.2, 0) is 15.1 Å². The van der Waals surface area contributed by atoms with E-state index < -0.39 is 5.60 Å². The minimum absolute atomic E-state index is 0.0121. The normalized spacial score (nSPS) is 35.8. The Balaban J connectivity index is 1.92. The highest BCUT2D eigenvalue weighted by atomic mass is 16.5. The molecule has 1 spiro atoms. The summed E-state index contributed by atoms with van der Waals surface area (Å²) in [5.74, 6) is 0.227. The van der Waals surface area contributed by atoms with Crippen LogP contribution in [-0.4, -0.2) is 12.0 Å². The topological polar surface area (TPSA) is 38.3 Å². The zero-order valence-electron chi connectivity index (χ0n) is 11.0. The lowest BCUT2D eigenvalue weighted by atomic mass is 9.74. The molecule has 3 atom stereocenters. The zero-order valence-corrected chi connectivity index (χ0v) is 11.0. The third kappa shape index (κ3) is 1.34. The first-order valence-corrected chi connectivity index (χ1v) is 6.99. The van der Waals surface area contributed by atoms with Crippen LogP contribution in [0.15, 0.2) is 35.9 Å². The second-order valence-electron chi connectivity index (χ2n) is 5.78. The highest BCUT2D eigenvalue weighted by molar-refractivity contribution is 6.05. The Kier molecular flexibility index (Phi) is 2.19. The summed E-state index contributed by atoms with van der Waals surface area (Å²) in [6.45, 7) is 2.06. The summed E-state index contributed by atoms with van der Waals surface area (Å²) in [5, 5.41) is 3.00. The third-order valence-corrected chi connectivity index (χ3v) is 4.62. The lowest BCUT2D eigenvalue weighted by molar-refractivity contribution is -0.165. The molecule has 0 saturated carbocycles. The Bertz CT molecular complexity index is 592. The van der Waals surface area contributed by atoms with E-state index in [-0.39, 0.29) is 17.9 Å². The number of fused-ring (bicyclic) bond motifs is 4. The van der Waals surface area contributed by atoms with E-state index in [9.17, 15) is 4.79 Å². The van der Waals surface area contributed by atoms with Crippen LogP contribution < -0.4 is 5.32 Å². The van der Waals surface area contributed by atoms with Crippen LogP contribution in [0.4, 0.5) is 5.69 Å². The molecule has 1 aromatic carbocycles. The molecule has 1 fully saturated rings. The van der Waals surface area contributed by atoms with E-state index in [1.165, 1.54) is 5.57 Å². The number of nitrogens with one attached hydrogen (secondary N) is 1. The Morgan fingerprint density at radius 1 is 1.37 bits per heavy atom. The monoisotopic (exact) mass is 255 g/mol. The molecule has 1 aromatic rings. The van der Waals surface area contributed by atoms with Gasteiger partial charge < -0.3 is 10.1 Å². The van der Waals surface area contributed by atoms with Crippen molar-refractivity contribution in [3.8, 4) is 0 Å². The summed E-state index contributed by atoms with van der Waals surface area (Å²) in [4.78, 5) is 12.6. The van der Waals surface area contributed by atoms with Crippen LogP contribution in [0.25, 0.3) is 0 Å². The predicted molar refractivity (Wildman–Crippen MR) is 72.7 cm³/mol. The van der Waals surface area contributed by atoms with E-state index >= 15 is 0 Å². The van der Waals surface area contributed by atoms with Crippen molar-refractivity contribution in [3.05, 3.63) is 41.5 Å². The molecule has 1 unspecified atom stereocenters. The average molecular weight is 255 g/mol. The summed E-state index contributed by atoms with van der Waals surface area (Å²) >= 11 is 0. The highest BCUT2D eigenvalue weighted by Gasteiger charge is 2.57. The molecule has 0 aromatic heterocycles. The fraction of sp³-hybridized carbons (Fsp3) is 0.438. The van der Waals surface area contributed by atoms with E-state index in [4.69, 9.17) is 4.74 Å². The number of allylic oxidation sites excluding steroid dienone is 1. The number of ether oxygens (including phenoxy) is 1. The lowest BCUT2D eigenvalue weighted by Crippen LogP contribution is -2.49. The Morgan fingerprint density at radius 2 is 2.21 bits per heavy atom. The predicted octanol–water partition coefficient (Wildman–Crippen LogP) is 2.98. The maximum Gasteiger partial charge on any atom is 0.262 e. The van der Waals surface area contributed by atoms with Gasteiger partial charge in [-0.1, -0.05) is 29.8 Å². The lowest BCUT2D eigenvalue weighted by Gasteiger charge is -2.42. The molecule has 0 radical (unpaired) electrons. The minimum Gasteiger partial charge on any atom is -0.356 e. The molecule has 1 saturated heterocycles. The maximum absolute atomic E-state index is 12.6. The van der Waals surface area contributed by atoms with Gasteiger partial charge in [0.2, 0.25) is 0 Å². The van der Waals surface area contributed by atoms with Crippen molar-refractivity contribution in [2.75, 3.05) is 5.32 Å². The van der Waals surface area contributed by atoms with Gasteiger partial charge in [0.25, 0.3) is 5.91 Å². The summed E-state index contributed by atoms with van der Waals surface area (Å²) in [7, 11) is 0. The Morgan fingerprint density at radius 3 is 3.11 bits per heavy atom. The third-order valence-electron chi connectivity index (χ3n) is 4.62. The van der Waals surface area contributed by atoms with Crippen molar-refractivity contribution in [2.45, 2.75) is 37.9 Å². The summed E-state index contributed by atoms with van der Waals surface area (Å²) in [6.07, 6.45) is 5.44. The van der Waals surface area contributed by atoms with E-state index in [0.717, 1.165) is 30.5 Å². The Labute approximate surface area is 112 Å². The van der Waals surface area contributed by atoms with Crippen molar-refractivity contribution in [1.82, 2.24) is 0 Å². The van der Waals surface area contributed by atoms with Crippen molar-refractivity contribution in [2.24, 2.45) is 5.92 Å². The molecule has 4 rings (SSSR count). The molecule has 19 heavy (non-hydrogen) atoms. The average Bonchev–Trinajstić information content (AvgIpc) is 2.95. The van der Waals surface area contributed by atoms with Crippen molar-refractivity contribution in [3.63, 3.8) is 0 Å². The first-order chi connectivity index (χ1) is 9.22. The van der Waals surface area contributed by atoms with Gasteiger partial charge >= 0.3 is 0 Å². The fourth-order valence-electron chi connectivity index (χ4n) is 3.94. The number of amides is 1. The van der Waals surface area contributed by atoms with E-state index in [2.05, 4.69) is 18.3 Å². The maximum atomic E-state index is 12.6. The first kappa shape index (κ1) is 11.2. The largest absolute Gasteiger partial charge is 0.356 e. The van der Waals surface area contributed by atoms with Gasteiger partial charge in [0.15, 0.2) is 5.60 Å². The summed E-state index contributed by atoms with van der Waals surface area (Å²) in [5.41, 5.74) is 2.55. The second-order valence-corrected chi connectivity index (χ2v) is 5.78. The van der Waals surface area contributed by atoms with Crippen molar-refractivity contribution < 1.29 is 9.53 Å². The van der Waals surface area contributed by atoms with Gasteiger partial charge in [-0.2, -0.15) is 0 Å². The van der Waals surface area contributed by atoms with E-state index in [1.807, 2.05) is 24.3 Å². The van der Waals surface area contributed by atoms with Gasteiger partial charge in [0.05, 0.1) is 6.10 Å². The molecule has 1 aliphatic carbocycles. The first-order valence-electron chi connectivity index (χ1n) is 6.99. The number of para-hydroxylation sites is 1. The van der Waals surface area contributed by atoms with Gasteiger partial charge in [0, 0.05) is 17.2 Å². The van der Waals surface area contributed by atoms with E-state index in [0.29, 0.717) is 0 Å². The van der Waals surface area contributed by atoms with Crippen molar-refractivity contribution >= 4 is 11.6 Å². The fourth-order valence-corrected chi connectivity index (χ4v) is 3.94. The number of carbonyl (C=O) groups excluding carboxylic acids is 1. The molecule has 2 aliphatic heterocycles. The number of rotatable bonds is 0. The summed E-state index contributed by atoms with van der Waals surface area (Å²) < 4.78 is 6.23. The number of hydrogen-bond donors (Lipinski definition) is 1. The Hall–Kier alpha value is -1.61. The number of hydrogen-bond acceptors (Lipinski definition) is 2. The molecule has 0 bridgehead atoms. The quantitative estimate of drug-likeness (QED) is 0.724. The van der Waals surface area contributed by atoms with Gasteiger partial charge in [-0.15, -0.1) is 0 Å². The molecule has 98 valence electrons. The SMILES string of the molecule is C[C@@H]1CC2=CCCC2[C@]2(O1)C(=O)Nc1ccccc12. The van der Waals surface area contributed by atoms with Gasteiger partial charge in [0.1, 0.15) is 0 Å². The molecule has 1 N–H and O–H groups in total. The van der Waals surface area contributed by atoms with Crippen LogP contribution in [0.1, 0.15) is 31.7 Å². The smallest absolute Gasteiger partial charge is 0.262 e. The van der Waals surface area contributed by atoms with Crippen LogP contribution in [0.3, 0.4) is 0 Å². The molecule has 2 heterocycles. The van der Waals surface area contributed by atoms with E-state index in [1.54, 1.807) is 0 Å².